The molecular weight excluding hydrogens is 458 g/mol. The molecule has 5 rings (SSSR count). The summed E-state index contributed by atoms with van der Waals surface area (Å²) in [5, 5.41) is 4.51. The van der Waals surface area contributed by atoms with Crippen LogP contribution in [-0.2, 0) is 6.54 Å². The molecule has 0 amide bonds. The van der Waals surface area contributed by atoms with Crippen LogP contribution in [0.3, 0.4) is 0 Å². The Bertz CT molecular complexity index is 1200. The Morgan fingerprint density at radius 1 is 1.03 bits per heavy atom. The summed E-state index contributed by atoms with van der Waals surface area (Å²) in [6.07, 6.45) is 4.08. The lowest BCUT2D eigenvalue weighted by Crippen LogP contribution is -2.45. The molecule has 2 heterocycles. The van der Waals surface area contributed by atoms with Crippen molar-refractivity contribution < 1.29 is 4.74 Å². The molecule has 7 nitrogen and oxygen atoms in total. The minimum atomic E-state index is -0.199. The first-order chi connectivity index (χ1) is 17.0. The van der Waals surface area contributed by atoms with Gasteiger partial charge in [0, 0.05) is 50.3 Å². The molecule has 8 heteroatoms. The van der Waals surface area contributed by atoms with Crippen molar-refractivity contribution >= 4 is 17.8 Å². The molecule has 0 spiro atoms. The minimum absolute atomic E-state index is 0.183. The zero-order valence-corrected chi connectivity index (χ0v) is 21.3. The average molecular weight is 492 g/mol. The van der Waals surface area contributed by atoms with E-state index in [2.05, 4.69) is 57.1 Å². The Morgan fingerprint density at radius 3 is 2.46 bits per heavy atom. The van der Waals surface area contributed by atoms with E-state index in [9.17, 15) is 4.79 Å². The van der Waals surface area contributed by atoms with Gasteiger partial charge in [0.05, 0.1) is 18.5 Å². The third-order valence-corrected chi connectivity index (χ3v) is 7.78. The second-order valence-electron chi connectivity index (χ2n) is 9.77. The van der Waals surface area contributed by atoms with Gasteiger partial charge in [0.15, 0.2) is 0 Å². The SMILES string of the molecule is Cc1ccccc1CNSN1CCN(c2cnn(-c3ccccc3)c(=O)c2OCC2(C)CC2)CC1. The number of benzene rings is 2. The molecule has 35 heavy (non-hydrogen) atoms. The summed E-state index contributed by atoms with van der Waals surface area (Å²) in [5.74, 6) is 0.413. The summed E-state index contributed by atoms with van der Waals surface area (Å²) in [6, 6.07) is 18.0. The molecule has 0 bridgehead atoms. The van der Waals surface area contributed by atoms with E-state index in [1.54, 1.807) is 18.3 Å². The molecule has 1 aliphatic carbocycles. The highest BCUT2D eigenvalue weighted by Crippen LogP contribution is 2.45. The lowest BCUT2D eigenvalue weighted by molar-refractivity contribution is 0.242. The summed E-state index contributed by atoms with van der Waals surface area (Å²) < 4.78 is 13.5. The fourth-order valence-corrected chi connectivity index (χ4v) is 4.93. The molecule has 0 unspecified atom stereocenters. The van der Waals surface area contributed by atoms with Crippen molar-refractivity contribution in [3.63, 3.8) is 0 Å². The Kier molecular flexibility index (Phi) is 7.13. The maximum absolute atomic E-state index is 13.5. The van der Waals surface area contributed by atoms with E-state index in [4.69, 9.17) is 4.74 Å². The van der Waals surface area contributed by atoms with Gasteiger partial charge >= 0.3 is 5.56 Å². The molecule has 2 fully saturated rings. The van der Waals surface area contributed by atoms with Crippen LogP contribution in [0, 0.1) is 12.3 Å². The molecule has 3 aromatic rings. The zero-order valence-electron chi connectivity index (χ0n) is 20.4. The molecule has 1 N–H and O–H groups in total. The van der Waals surface area contributed by atoms with Crippen molar-refractivity contribution in [2.75, 3.05) is 37.7 Å². The van der Waals surface area contributed by atoms with Crippen LogP contribution in [0.2, 0.25) is 0 Å². The smallest absolute Gasteiger partial charge is 0.316 e. The van der Waals surface area contributed by atoms with Gasteiger partial charge in [-0.1, -0.05) is 49.4 Å². The van der Waals surface area contributed by atoms with Gasteiger partial charge in [0.1, 0.15) is 5.69 Å². The van der Waals surface area contributed by atoms with E-state index in [-0.39, 0.29) is 11.0 Å². The minimum Gasteiger partial charge on any atom is -0.486 e. The van der Waals surface area contributed by atoms with E-state index in [0.29, 0.717) is 12.4 Å². The van der Waals surface area contributed by atoms with Gasteiger partial charge in [-0.15, -0.1) is 0 Å². The predicted molar refractivity (Wildman–Crippen MR) is 142 cm³/mol. The lowest BCUT2D eigenvalue weighted by Gasteiger charge is -2.35. The van der Waals surface area contributed by atoms with Crippen LogP contribution in [0.25, 0.3) is 5.69 Å². The van der Waals surface area contributed by atoms with E-state index in [1.807, 2.05) is 30.3 Å². The summed E-state index contributed by atoms with van der Waals surface area (Å²) in [4.78, 5) is 15.7. The van der Waals surface area contributed by atoms with Crippen LogP contribution >= 0.6 is 12.1 Å². The van der Waals surface area contributed by atoms with Gasteiger partial charge in [-0.3, -0.25) is 4.79 Å². The first kappa shape index (κ1) is 23.9. The van der Waals surface area contributed by atoms with Crippen LogP contribution < -0.4 is 19.9 Å². The number of hydrogen-bond acceptors (Lipinski definition) is 7. The number of rotatable bonds is 9. The molecule has 184 valence electrons. The Labute approximate surface area is 211 Å². The number of nitrogens with one attached hydrogen (secondary N) is 1. The summed E-state index contributed by atoms with van der Waals surface area (Å²) in [5.41, 5.74) is 4.14. The van der Waals surface area contributed by atoms with Crippen LogP contribution in [0.5, 0.6) is 5.75 Å². The van der Waals surface area contributed by atoms with Crippen LogP contribution in [0.4, 0.5) is 5.69 Å². The zero-order chi connectivity index (χ0) is 24.3. The van der Waals surface area contributed by atoms with Crippen molar-refractivity contribution in [3.8, 4) is 11.4 Å². The number of para-hydroxylation sites is 1. The summed E-state index contributed by atoms with van der Waals surface area (Å²) in [6.45, 7) is 9.12. The molecule has 1 saturated carbocycles. The number of hydrogen-bond donors (Lipinski definition) is 1. The van der Waals surface area contributed by atoms with Gasteiger partial charge < -0.3 is 9.64 Å². The van der Waals surface area contributed by atoms with Crippen LogP contribution in [0.1, 0.15) is 30.9 Å². The van der Waals surface area contributed by atoms with E-state index in [0.717, 1.165) is 56.9 Å². The number of piperazine rings is 1. The maximum atomic E-state index is 13.5. The van der Waals surface area contributed by atoms with Crippen LogP contribution in [-0.4, -0.2) is 46.9 Å². The fraction of sp³-hybridized carbons (Fsp3) is 0.407. The molecule has 0 atom stereocenters. The number of aryl methyl sites for hydroxylation is 1. The first-order valence-corrected chi connectivity index (χ1v) is 13.0. The molecule has 1 aromatic heterocycles. The number of ether oxygens (including phenoxy) is 1. The van der Waals surface area contributed by atoms with Crippen molar-refractivity contribution in [3.05, 3.63) is 82.3 Å². The quantitative estimate of drug-likeness (QED) is 0.450. The average Bonchev–Trinajstić information content (AvgIpc) is 3.62. The van der Waals surface area contributed by atoms with Crippen molar-refractivity contribution in [2.24, 2.45) is 5.41 Å². The van der Waals surface area contributed by atoms with Gasteiger partial charge in [-0.2, -0.15) is 9.78 Å². The third-order valence-electron chi connectivity index (χ3n) is 6.88. The Hall–Kier alpha value is -2.81. The number of aromatic nitrogens is 2. The fourth-order valence-electron chi connectivity index (χ4n) is 4.18. The Morgan fingerprint density at radius 2 is 1.74 bits per heavy atom. The third kappa shape index (κ3) is 5.72. The molecule has 0 radical (unpaired) electrons. The maximum Gasteiger partial charge on any atom is 0.316 e. The largest absolute Gasteiger partial charge is 0.486 e. The van der Waals surface area contributed by atoms with Crippen molar-refractivity contribution in [1.29, 1.82) is 0 Å². The highest BCUT2D eigenvalue weighted by molar-refractivity contribution is 7.95. The van der Waals surface area contributed by atoms with Crippen molar-refractivity contribution in [1.82, 2.24) is 18.8 Å². The second-order valence-corrected chi connectivity index (χ2v) is 10.8. The first-order valence-electron chi connectivity index (χ1n) is 12.3. The second kappa shape index (κ2) is 10.4. The summed E-state index contributed by atoms with van der Waals surface area (Å²) >= 11 is 1.67. The van der Waals surface area contributed by atoms with E-state index >= 15 is 0 Å². The van der Waals surface area contributed by atoms with Gasteiger partial charge in [0.2, 0.25) is 5.75 Å². The van der Waals surface area contributed by atoms with E-state index < -0.39 is 0 Å². The number of anilines is 1. The van der Waals surface area contributed by atoms with Gasteiger partial charge in [-0.25, -0.2) is 9.03 Å². The Balaban J connectivity index is 1.26. The lowest BCUT2D eigenvalue weighted by atomic mass is 10.1. The normalized spacial score (nSPS) is 17.4. The van der Waals surface area contributed by atoms with Gasteiger partial charge in [-0.05, 0) is 43.0 Å². The standard InChI is InChI=1S/C27H33N5O2S/c1-21-8-6-7-9-22(21)18-29-35-31-16-14-30(15-17-31)24-19-28-32(23-10-4-3-5-11-23)26(33)25(24)34-20-27(2)12-13-27/h3-11,19,29H,12-18,20H2,1-2H3. The summed E-state index contributed by atoms with van der Waals surface area (Å²) in [7, 11) is 0. The van der Waals surface area contributed by atoms with Gasteiger partial charge in [0.25, 0.3) is 0 Å². The highest BCUT2D eigenvalue weighted by Gasteiger charge is 2.39. The molecular formula is C27H33N5O2S. The monoisotopic (exact) mass is 491 g/mol. The molecule has 2 aliphatic rings. The highest BCUT2D eigenvalue weighted by atomic mass is 32.2. The van der Waals surface area contributed by atoms with E-state index in [1.165, 1.54) is 15.8 Å². The predicted octanol–water partition coefficient (Wildman–Crippen LogP) is 4.19. The number of nitrogens with zero attached hydrogens (tertiary/aromatic N) is 4. The topological polar surface area (TPSA) is 62.6 Å². The van der Waals surface area contributed by atoms with Crippen molar-refractivity contribution in [2.45, 2.75) is 33.2 Å². The molecule has 1 saturated heterocycles. The van der Waals surface area contributed by atoms with Crippen LogP contribution in [0.15, 0.2) is 65.6 Å². The molecule has 2 aromatic carbocycles. The molecule has 1 aliphatic heterocycles.